The van der Waals surface area contributed by atoms with E-state index in [-0.39, 0.29) is 0 Å². The standard InChI is InChI=1S/C48H32N2S/c49-42(35-20-13-21-36(28-35)45-29-37-19-8-12-25-44(37)51-45)30-43(50-31-32-14-3-1-4-15-32)47-40-24-11-10-23-39(40)46(34-17-5-2-6-18-34)48-38-22-9-7-16-33(38)26-27-41(47)48/h1-31,49H/b43-30-,49-42?,50-31?. The first-order valence-corrected chi connectivity index (χ1v) is 17.9. The molecule has 0 amide bonds. The van der Waals surface area contributed by atoms with E-state index in [0.29, 0.717) is 5.71 Å². The van der Waals surface area contributed by atoms with Gasteiger partial charge < -0.3 is 5.41 Å². The van der Waals surface area contributed by atoms with Gasteiger partial charge >= 0.3 is 0 Å². The molecule has 0 saturated heterocycles. The van der Waals surface area contributed by atoms with Gasteiger partial charge in [0.25, 0.3) is 0 Å². The first kappa shape index (κ1) is 30.6. The van der Waals surface area contributed by atoms with Crippen molar-refractivity contribution in [2.75, 3.05) is 0 Å². The molecule has 0 atom stereocenters. The van der Waals surface area contributed by atoms with Crippen molar-refractivity contribution in [2.45, 2.75) is 0 Å². The first-order chi connectivity index (χ1) is 25.2. The normalized spacial score (nSPS) is 12.0. The van der Waals surface area contributed by atoms with Crippen molar-refractivity contribution in [2.24, 2.45) is 4.99 Å². The number of hydrogen-bond acceptors (Lipinski definition) is 3. The molecule has 0 spiro atoms. The molecule has 240 valence electrons. The number of fused-ring (bicyclic) bond motifs is 5. The first-order valence-electron chi connectivity index (χ1n) is 17.1. The van der Waals surface area contributed by atoms with E-state index >= 15 is 0 Å². The lowest BCUT2D eigenvalue weighted by Crippen LogP contribution is -1.99. The van der Waals surface area contributed by atoms with E-state index in [2.05, 4.69) is 152 Å². The smallest absolute Gasteiger partial charge is 0.0736 e. The molecule has 8 aromatic carbocycles. The molecule has 0 fully saturated rings. The maximum Gasteiger partial charge on any atom is 0.0736 e. The fourth-order valence-corrected chi connectivity index (χ4v) is 8.23. The molecule has 1 aromatic heterocycles. The summed E-state index contributed by atoms with van der Waals surface area (Å²) in [6.45, 7) is 0. The zero-order valence-corrected chi connectivity index (χ0v) is 28.6. The topological polar surface area (TPSA) is 36.2 Å². The van der Waals surface area contributed by atoms with Gasteiger partial charge in [0, 0.05) is 26.9 Å². The van der Waals surface area contributed by atoms with Crippen molar-refractivity contribution < 1.29 is 0 Å². The fourth-order valence-electron chi connectivity index (χ4n) is 7.17. The SMILES string of the molecule is N=C(/C=C(\N=Cc1ccccc1)c1c2ccccc2c(-c2ccccc2)c2c1ccc1ccccc12)c1cccc(-c2cc3ccccc3s2)c1. The second-order valence-electron chi connectivity index (χ2n) is 12.7. The Bertz CT molecular complexity index is 2780. The third kappa shape index (κ3) is 5.74. The molecule has 2 nitrogen and oxygen atoms in total. The highest BCUT2D eigenvalue weighted by Gasteiger charge is 2.20. The summed E-state index contributed by atoms with van der Waals surface area (Å²) in [6, 6.07) is 61.7. The van der Waals surface area contributed by atoms with Gasteiger partial charge in [0.1, 0.15) is 0 Å². The summed E-state index contributed by atoms with van der Waals surface area (Å²) < 4.78 is 1.26. The van der Waals surface area contributed by atoms with Crippen LogP contribution in [-0.2, 0) is 0 Å². The number of nitrogens with zero attached hydrogens (tertiary/aromatic N) is 1. The lowest BCUT2D eigenvalue weighted by Gasteiger charge is -2.19. The van der Waals surface area contributed by atoms with E-state index in [1.165, 1.54) is 42.2 Å². The maximum atomic E-state index is 9.54. The van der Waals surface area contributed by atoms with Crippen LogP contribution in [0.4, 0.5) is 0 Å². The summed E-state index contributed by atoms with van der Waals surface area (Å²) in [7, 11) is 0. The average molecular weight is 669 g/mol. The Morgan fingerprint density at radius 3 is 2.00 bits per heavy atom. The quantitative estimate of drug-likeness (QED) is 0.0997. The Morgan fingerprint density at radius 1 is 0.529 bits per heavy atom. The number of nitrogens with one attached hydrogen (secondary N) is 1. The van der Waals surface area contributed by atoms with E-state index in [9.17, 15) is 5.41 Å². The Morgan fingerprint density at radius 2 is 1.20 bits per heavy atom. The van der Waals surface area contributed by atoms with Crippen LogP contribution >= 0.6 is 11.3 Å². The number of aliphatic imine (C=N–C) groups is 1. The van der Waals surface area contributed by atoms with E-state index in [0.717, 1.165) is 44.1 Å². The van der Waals surface area contributed by atoms with Gasteiger partial charge in [-0.25, -0.2) is 0 Å². The van der Waals surface area contributed by atoms with Gasteiger partial charge in [-0.15, -0.1) is 11.3 Å². The number of thiophene rings is 1. The molecule has 51 heavy (non-hydrogen) atoms. The molecular weight excluding hydrogens is 637 g/mol. The van der Waals surface area contributed by atoms with Crippen LogP contribution < -0.4 is 0 Å². The van der Waals surface area contributed by atoms with Crippen LogP contribution in [0.3, 0.4) is 0 Å². The van der Waals surface area contributed by atoms with Gasteiger partial charge in [0.15, 0.2) is 0 Å². The Hall–Kier alpha value is -6.42. The van der Waals surface area contributed by atoms with Crippen molar-refractivity contribution in [1.82, 2.24) is 0 Å². The summed E-state index contributed by atoms with van der Waals surface area (Å²) in [4.78, 5) is 6.41. The van der Waals surface area contributed by atoms with Crippen molar-refractivity contribution in [3.05, 3.63) is 199 Å². The molecule has 0 saturated carbocycles. The van der Waals surface area contributed by atoms with Gasteiger partial charge in [-0.3, -0.25) is 4.99 Å². The molecule has 9 rings (SSSR count). The number of benzene rings is 8. The minimum Gasteiger partial charge on any atom is -0.300 e. The molecule has 0 radical (unpaired) electrons. The maximum absolute atomic E-state index is 9.54. The summed E-state index contributed by atoms with van der Waals surface area (Å²) in [5.74, 6) is 0. The second kappa shape index (κ2) is 13.1. The van der Waals surface area contributed by atoms with E-state index in [1.54, 1.807) is 11.3 Å². The van der Waals surface area contributed by atoms with Gasteiger partial charge in [-0.05, 0) is 84.2 Å². The van der Waals surface area contributed by atoms with Crippen LogP contribution in [-0.4, -0.2) is 11.9 Å². The Labute approximate surface area is 300 Å². The monoisotopic (exact) mass is 668 g/mol. The lowest BCUT2D eigenvalue weighted by atomic mass is 9.85. The van der Waals surface area contributed by atoms with E-state index < -0.39 is 0 Å². The predicted octanol–water partition coefficient (Wildman–Crippen LogP) is 13.2. The minimum atomic E-state index is 0.406. The Balaban J connectivity index is 1.30. The summed E-state index contributed by atoms with van der Waals surface area (Å²) in [6.07, 6.45) is 3.86. The van der Waals surface area contributed by atoms with Crippen LogP contribution in [0, 0.1) is 5.41 Å². The molecule has 0 bridgehead atoms. The highest BCUT2D eigenvalue weighted by molar-refractivity contribution is 7.22. The van der Waals surface area contributed by atoms with Crippen LogP contribution in [0.1, 0.15) is 16.7 Å². The lowest BCUT2D eigenvalue weighted by molar-refractivity contribution is 1.48. The molecule has 0 aliphatic carbocycles. The van der Waals surface area contributed by atoms with E-state index in [1.807, 2.05) is 36.6 Å². The van der Waals surface area contributed by atoms with Crippen molar-refractivity contribution in [1.29, 1.82) is 5.41 Å². The zero-order chi connectivity index (χ0) is 34.1. The van der Waals surface area contributed by atoms with Gasteiger partial charge in [-0.1, -0.05) is 158 Å². The highest BCUT2D eigenvalue weighted by Crippen LogP contribution is 2.45. The number of hydrogen-bond donors (Lipinski definition) is 1. The third-order valence-electron chi connectivity index (χ3n) is 9.55. The van der Waals surface area contributed by atoms with Crippen molar-refractivity contribution in [3.8, 4) is 21.6 Å². The predicted molar refractivity (Wildman–Crippen MR) is 220 cm³/mol. The van der Waals surface area contributed by atoms with Crippen LogP contribution in [0.5, 0.6) is 0 Å². The van der Waals surface area contributed by atoms with Gasteiger partial charge in [0.2, 0.25) is 0 Å². The minimum absolute atomic E-state index is 0.406. The van der Waals surface area contributed by atoms with Crippen molar-refractivity contribution in [3.63, 3.8) is 0 Å². The van der Waals surface area contributed by atoms with Crippen LogP contribution in [0.15, 0.2) is 187 Å². The molecule has 3 heteroatoms. The molecule has 0 unspecified atom stereocenters. The molecule has 1 N–H and O–H groups in total. The number of allylic oxidation sites excluding steroid dienone is 1. The fraction of sp³-hybridized carbons (Fsp3) is 0. The number of rotatable bonds is 7. The summed E-state index contributed by atoms with van der Waals surface area (Å²) >= 11 is 1.78. The molecule has 0 aliphatic heterocycles. The zero-order valence-electron chi connectivity index (χ0n) is 27.8. The highest BCUT2D eigenvalue weighted by atomic mass is 32.1. The largest absolute Gasteiger partial charge is 0.300 e. The van der Waals surface area contributed by atoms with Gasteiger partial charge in [0.05, 0.1) is 11.4 Å². The van der Waals surface area contributed by atoms with Gasteiger partial charge in [-0.2, -0.15) is 0 Å². The third-order valence-corrected chi connectivity index (χ3v) is 10.7. The van der Waals surface area contributed by atoms with Crippen molar-refractivity contribution >= 4 is 71.4 Å². The second-order valence-corrected chi connectivity index (χ2v) is 13.8. The molecule has 1 heterocycles. The Kier molecular flexibility index (Phi) is 7.88. The molecule has 9 aromatic rings. The van der Waals surface area contributed by atoms with Crippen LogP contribution in [0.2, 0.25) is 0 Å². The summed E-state index contributed by atoms with van der Waals surface area (Å²) in [5, 5.41) is 17.7. The van der Waals surface area contributed by atoms with Crippen LogP contribution in [0.25, 0.3) is 69.7 Å². The van der Waals surface area contributed by atoms with E-state index in [4.69, 9.17) is 4.99 Å². The average Bonchev–Trinajstić information content (AvgIpc) is 3.64. The molecule has 0 aliphatic rings. The summed E-state index contributed by atoms with van der Waals surface area (Å²) in [5.41, 5.74) is 7.50. The molecular formula is C48H32N2S.